The van der Waals surface area contributed by atoms with Crippen LogP contribution in [0.4, 0.5) is 0 Å². The molecule has 1 heterocycles. The van der Waals surface area contributed by atoms with E-state index in [1.54, 1.807) is 12.4 Å². The molecule has 0 unspecified atom stereocenters. The van der Waals surface area contributed by atoms with Gasteiger partial charge < -0.3 is 9.53 Å². The lowest BCUT2D eigenvalue weighted by Crippen LogP contribution is -2.67. The second-order valence-corrected chi connectivity index (χ2v) is 13.2. The Balaban J connectivity index is 2.15. The Labute approximate surface area is 187 Å². The molecule has 0 fully saturated rings. The maximum absolute atomic E-state index is 9.89. The summed E-state index contributed by atoms with van der Waals surface area (Å²) in [5, 5.41) is 12.3. The molecule has 1 N–H and O–H groups in total. The van der Waals surface area contributed by atoms with E-state index in [0.29, 0.717) is 6.42 Å². The largest absolute Gasteiger partial charge is 0.401 e. The van der Waals surface area contributed by atoms with Crippen molar-refractivity contribution in [1.82, 2.24) is 4.98 Å². The molecule has 2 aromatic carbocycles. The minimum atomic E-state index is -2.69. The van der Waals surface area contributed by atoms with Gasteiger partial charge in [0, 0.05) is 19.0 Å². The SMILES string of the molecule is C/C(=C\c1ccncc1)[C@H](CCO)O[Si](c1ccccc1)(c1ccccc1)C(C)(C)C. The van der Waals surface area contributed by atoms with E-state index in [1.807, 2.05) is 12.1 Å². The number of hydrogen-bond donors (Lipinski definition) is 1. The molecule has 3 aromatic rings. The Morgan fingerprint density at radius 3 is 1.90 bits per heavy atom. The van der Waals surface area contributed by atoms with Crippen molar-refractivity contribution in [1.29, 1.82) is 0 Å². The number of benzene rings is 2. The lowest BCUT2D eigenvalue weighted by Gasteiger charge is -2.45. The van der Waals surface area contributed by atoms with Crippen LogP contribution in [-0.2, 0) is 4.43 Å². The van der Waals surface area contributed by atoms with Crippen LogP contribution in [0.2, 0.25) is 5.04 Å². The molecule has 162 valence electrons. The zero-order valence-corrected chi connectivity index (χ0v) is 20.0. The van der Waals surface area contributed by atoms with Gasteiger partial charge in [0.25, 0.3) is 8.32 Å². The lowest BCUT2D eigenvalue weighted by atomic mass is 10.1. The van der Waals surface area contributed by atoms with E-state index in [2.05, 4.69) is 99.4 Å². The molecule has 3 rings (SSSR count). The maximum Gasteiger partial charge on any atom is 0.261 e. The third-order valence-electron chi connectivity index (χ3n) is 5.74. The van der Waals surface area contributed by atoms with Gasteiger partial charge in [0.05, 0.1) is 6.10 Å². The van der Waals surface area contributed by atoms with E-state index < -0.39 is 8.32 Å². The standard InChI is InChI=1S/C27H33NO2Si/c1-22(21-23-15-18-28-19-16-23)26(17-20-29)30-31(27(2,3)4,24-11-7-5-8-12-24)25-13-9-6-10-14-25/h5-16,18-19,21,26,29H,17,20H2,1-4H3/b22-21+/t26-/m0/s1. The van der Waals surface area contributed by atoms with Crippen LogP contribution in [0.15, 0.2) is 90.8 Å². The predicted octanol–water partition coefficient (Wildman–Crippen LogP) is 4.81. The smallest absolute Gasteiger partial charge is 0.261 e. The molecule has 0 radical (unpaired) electrons. The minimum Gasteiger partial charge on any atom is -0.401 e. The summed E-state index contributed by atoms with van der Waals surface area (Å²) in [6.45, 7) is 8.99. The predicted molar refractivity (Wildman–Crippen MR) is 132 cm³/mol. The zero-order chi connectivity index (χ0) is 22.3. The van der Waals surface area contributed by atoms with Crippen molar-refractivity contribution >= 4 is 24.8 Å². The summed E-state index contributed by atoms with van der Waals surface area (Å²) in [6.07, 6.45) is 6.09. The van der Waals surface area contributed by atoms with Crippen LogP contribution in [-0.4, -0.2) is 31.1 Å². The van der Waals surface area contributed by atoms with Crippen LogP contribution in [0.1, 0.15) is 39.7 Å². The zero-order valence-electron chi connectivity index (χ0n) is 19.0. The normalized spacial score (nSPS) is 13.8. The fourth-order valence-electron chi connectivity index (χ4n) is 4.22. The van der Waals surface area contributed by atoms with E-state index in [0.717, 1.165) is 11.1 Å². The van der Waals surface area contributed by atoms with Crippen molar-refractivity contribution in [3.63, 3.8) is 0 Å². The van der Waals surface area contributed by atoms with E-state index in [-0.39, 0.29) is 17.7 Å². The van der Waals surface area contributed by atoms with Gasteiger partial charge in [-0.05, 0) is 52.0 Å². The van der Waals surface area contributed by atoms with E-state index in [9.17, 15) is 5.11 Å². The highest BCUT2D eigenvalue weighted by Crippen LogP contribution is 2.38. The van der Waals surface area contributed by atoms with E-state index >= 15 is 0 Å². The molecule has 31 heavy (non-hydrogen) atoms. The van der Waals surface area contributed by atoms with Crippen molar-refractivity contribution in [2.45, 2.75) is 45.3 Å². The monoisotopic (exact) mass is 431 g/mol. The van der Waals surface area contributed by atoms with Crippen molar-refractivity contribution in [2.75, 3.05) is 6.61 Å². The molecule has 0 spiro atoms. The van der Waals surface area contributed by atoms with Gasteiger partial charge in [-0.1, -0.05) is 87.5 Å². The van der Waals surface area contributed by atoms with Gasteiger partial charge in [-0.2, -0.15) is 0 Å². The summed E-state index contributed by atoms with van der Waals surface area (Å²) < 4.78 is 7.24. The molecule has 1 aromatic heterocycles. The molecule has 1 atom stereocenters. The molecule has 0 bridgehead atoms. The molecule has 4 heteroatoms. The van der Waals surface area contributed by atoms with Crippen LogP contribution in [0.5, 0.6) is 0 Å². The first kappa shape index (κ1) is 23.1. The van der Waals surface area contributed by atoms with Crippen LogP contribution in [0.3, 0.4) is 0 Å². The topological polar surface area (TPSA) is 42.4 Å². The van der Waals surface area contributed by atoms with Gasteiger partial charge in [0.1, 0.15) is 0 Å². The van der Waals surface area contributed by atoms with Crippen molar-refractivity contribution in [3.8, 4) is 0 Å². The molecule has 0 amide bonds. The van der Waals surface area contributed by atoms with Gasteiger partial charge in [-0.3, -0.25) is 4.98 Å². The first-order chi connectivity index (χ1) is 14.9. The highest BCUT2D eigenvalue weighted by molar-refractivity contribution is 6.99. The number of rotatable bonds is 8. The molecule has 0 saturated heterocycles. The van der Waals surface area contributed by atoms with Crippen LogP contribution in [0.25, 0.3) is 6.08 Å². The fraction of sp³-hybridized carbons (Fsp3) is 0.296. The van der Waals surface area contributed by atoms with E-state index in [4.69, 9.17) is 4.43 Å². The number of nitrogens with zero attached hydrogens (tertiary/aromatic N) is 1. The molecule has 0 saturated carbocycles. The van der Waals surface area contributed by atoms with Crippen molar-refractivity contribution < 1.29 is 9.53 Å². The Bertz CT molecular complexity index is 927. The Hall–Kier alpha value is -2.53. The minimum absolute atomic E-state index is 0.0738. The molecular weight excluding hydrogens is 398 g/mol. The highest BCUT2D eigenvalue weighted by atomic mass is 28.4. The van der Waals surface area contributed by atoms with Crippen molar-refractivity contribution in [3.05, 3.63) is 96.3 Å². The summed E-state index contributed by atoms with van der Waals surface area (Å²) >= 11 is 0. The second kappa shape index (κ2) is 10.2. The van der Waals surface area contributed by atoms with Crippen molar-refractivity contribution in [2.24, 2.45) is 0 Å². The average molecular weight is 432 g/mol. The number of pyridine rings is 1. The number of aromatic nitrogens is 1. The molecule has 0 aliphatic carbocycles. The molecule has 0 aliphatic heterocycles. The quantitative estimate of drug-likeness (QED) is 0.520. The summed E-state index contributed by atoms with van der Waals surface area (Å²) in [5.74, 6) is 0. The number of aliphatic hydroxyl groups is 1. The summed E-state index contributed by atoms with van der Waals surface area (Å²) in [6, 6.07) is 25.2. The van der Waals surface area contributed by atoms with Crippen LogP contribution in [0, 0.1) is 0 Å². The number of aliphatic hydroxyl groups excluding tert-OH is 1. The lowest BCUT2D eigenvalue weighted by molar-refractivity contribution is 0.171. The molecule has 0 aliphatic rings. The first-order valence-electron chi connectivity index (χ1n) is 10.9. The summed E-state index contributed by atoms with van der Waals surface area (Å²) in [7, 11) is -2.69. The van der Waals surface area contributed by atoms with Gasteiger partial charge >= 0.3 is 0 Å². The molecular formula is C27H33NO2Si. The van der Waals surface area contributed by atoms with Gasteiger partial charge in [0.2, 0.25) is 0 Å². The van der Waals surface area contributed by atoms with Gasteiger partial charge in [0.15, 0.2) is 0 Å². The first-order valence-corrected chi connectivity index (χ1v) is 12.8. The van der Waals surface area contributed by atoms with E-state index in [1.165, 1.54) is 10.4 Å². The Kier molecular flexibility index (Phi) is 7.60. The second-order valence-electron chi connectivity index (χ2n) is 8.95. The number of hydrogen-bond acceptors (Lipinski definition) is 3. The average Bonchev–Trinajstić information content (AvgIpc) is 2.77. The Morgan fingerprint density at radius 2 is 1.45 bits per heavy atom. The maximum atomic E-state index is 9.89. The highest BCUT2D eigenvalue weighted by Gasteiger charge is 2.51. The van der Waals surface area contributed by atoms with Gasteiger partial charge in [-0.25, -0.2) is 0 Å². The van der Waals surface area contributed by atoms with Crippen LogP contribution < -0.4 is 10.4 Å². The summed E-state index contributed by atoms with van der Waals surface area (Å²) in [4.78, 5) is 4.11. The third kappa shape index (κ3) is 5.21. The Morgan fingerprint density at radius 1 is 0.935 bits per heavy atom. The fourth-order valence-corrected chi connectivity index (χ4v) is 8.96. The third-order valence-corrected chi connectivity index (χ3v) is 10.8. The molecule has 3 nitrogen and oxygen atoms in total. The summed E-state index contributed by atoms with van der Waals surface area (Å²) in [5.41, 5.74) is 2.19. The van der Waals surface area contributed by atoms with Crippen LogP contribution >= 0.6 is 0 Å². The van der Waals surface area contributed by atoms with Gasteiger partial charge in [-0.15, -0.1) is 0 Å².